The highest BCUT2D eigenvalue weighted by molar-refractivity contribution is 7.97. The fourth-order valence-electron chi connectivity index (χ4n) is 4.00. The first kappa shape index (κ1) is 24.0. The van der Waals surface area contributed by atoms with Crippen LogP contribution in [0.4, 0.5) is 5.69 Å². The van der Waals surface area contributed by atoms with Crippen LogP contribution in [0.15, 0.2) is 77.7 Å². The number of benzene rings is 3. The van der Waals surface area contributed by atoms with Crippen LogP contribution in [0, 0.1) is 5.41 Å². The highest BCUT2D eigenvalue weighted by Crippen LogP contribution is 2.22. The Morgan fingerprint density at radius 2 is 1.79 bits per heavy atom. The summed E-state index contributed by atoms with van der Waals surface area (Å²) < 4.78 is 5.47. The first-order valence-corrected chi connectivity index (χ1v) is 12.0. The molecule has 1 aliphatic heterocycles. The fraction of sp³-hybridized carbons (Fsp3) is 0.231. The topological polar surface area (TPSA) is 117 Å². The molecule has 176 valence electrons. The molecule has 8 heteroatoms. The lowest BCUT2D eigenvalue weighted by Crippen LogP contribution is -2.43. The summed E-state index contributed by atoms with van der Waals surface area (Å²) in [4.78, 5) is 16.5. The first-order valence-electron chi connectivity index (χ1n) is 11.2. The van der Waals surface area contributed by atoms with Crippen molar-refractivity contribution in [3.05, 3.63) is 95.1 Å². The molecule has 3 aromatic carbocycles. The number of carbonyl (C=O) groups is 1. The van der Waals surface area contributed by atoms with E-state index in [0.29, 0.717) is 42.1 Å². The number of hydrogen-bond acceptors (Lipinski definition) is 7. The Bertz CT molecular complexity index is 1150. The van der Waals surface area contributed by atoms with Crippen molar-refractivity contribution in [2.24, 2.45) is 5.14 Å². The molecule has 7 nitrogen and oxygen atoms in total. The van der Waals surface area contributed by atoms with Crippen molar-refractivity contribution >= 4 is 29.3 Å². The number of nitrogens with one attached hydrogen (secondary N) is 2. The molecule has 3 aromatic rings. The van der Waals surface area contributed by atoms with Gasteiger partial charge in [-0.15, -0.1) is 0 Å². The number of rotatable bonds is 8. The number of nitrogens with zero attached hydrogens (tertiary/aromatic N) is 1. The van der Waals surface area contributed by atoms with Crippen LogP contribution in [0.25, 0.3) is 0 Å². The highest BCUT2D eigenvalue weighted by atomic mass is 32.2. The van der Waals surface area contributed by atoms with Gasteiger partial charge in [-0.2, -0.15) is 0 Å². The van der Waals surface area contributed by atoms with E-state index in [0.717, 1.165) is 35.5 Å². The van der Waals surface area contributed by atoms with Gasteiger partial charge in [0.2, 0.25) is 0 Å². The SMILES string of the molecule is N=C(c1cccc(SN)c1)c1cc(C(=O)NC(CN2CCOCC2)c2ccccc2)ccc1N. The predicted molar refractivity (Wildman–Crippen MR) is 137 cm³/mol. The third kappa shape index (κ3) is 5.84. The molecule has 1 amide bonds. The Balaban J connectivity index is 1.56. The Morgan fingerprint density at radius 3 is 2.53 bits per heavy atom. The molecule has 1 saturated heterocycles. The Morgan fingerprint density at radius 1 is 1.03 bits per heavy atom. The van der Waals surface area contributed by atoms with Crippen LogP contribution < -0.4 is 16.2 Å². The number of nitrogens with two attached hydrogens (primary N) is 2. The lowest BCUT2D eigenvalue weighted by molar-refractivity contribution is 0.0332. The maximum absolute atomic E-state index is 13.3. The molecule has 1 aliphatic rings. The maximum Gasteiger partial charge on any atom is 0.251 e. The monoisotopic (exact) mass is 475 g/mol. The summed E-state index contributed by atoms with van der Waals surface area (Å²) in [5.74, 6) is -0.206. The number of hydrogen-bond donors (Lipinski definition) is 4. The van der Waals surface area contributed by atoms with Gasteiger partial charge >= 0.3 is 0 Å². The number of morpholine rings is 1. The quantitative estimate of drug-likeness (QED) is 0.225. The lowest BCUT2D eigenvalue weighted by atomic mass is 9.98. The minimum Gasteiger partial charge on any atom is -0.398 e. The van der Waals surface area contributed by atoms with Crippen molar-refractivity contribution in [3.8, 4) is 0 Å². The zero-order chi connectivity index (χ0) is 23.9. The number of nitrogen functional groups attached to an aromatic ring is 1. The average Bonchev–Trinajstić information content (AvgIpc) is 2.89. The molecule has 0 aliphatic carbocycles. The predicted octanol–water partition coefficient (Wildman–Crippen LogP) is 3.45. The molecule has 1 fully saturated rings. The maximum atomic E-state index is 13.3. The Kier molecular flexibility index (Phi) is 7.97. The number of ether oxygens (including phenoxy) is 1. The van der Waals surface area contributed by atoms with Gasteiger partial charge in [-0.05, 0) is 47.8 Å². The molecular formula is C26H29N5O2S. The molecule has 1 atom stereocenters. The third-order valence-electron chi connectivity index (χ3n) is 5.90. The van der Waals surface area contributed by atoms with E-state index in [4.69, 9.17) is 21.0 Å². The van der Waals surface area contributed by atoms with Crippen LogP contribution in [0.5, 0.6) is 0 Å². The van der Waals surface area contributed by atoms with Gasteiger partial charge in [-0.1, -0.05) is 42.5 Å². The standard InChI is InChI=1S/C26H29N5O2S/c27-23-10-9-20(16-22(23)25(28)19-7-4-8-21(15-19)34-29)26(32)30-24(18-5-2-1-3-6-18)17-31-11-13-33-14-12-31/h1-10,15-16,24,28H,11-14,17,27,29H2,(H,30,32). The molecule has 1 unspecified atom stereocenters. The van der Waals surface area contributed by atoms with Crippen molar-refractivity contribution in [1.29, 1.82) is 5.41 Å². The number of anilines is 1. The van der Waals surface area contributed by atoms with E-state index >= 15 is 0 Å². The molecule has 0 saturated carbocycles. The van der Waals surface area contributed by atoms with Crippen molar-refractivity contribution in [3.63, 3.8) is 0 Å². The summed E-state index contributed by atoms with van der Waals surface area (Å²) in [6.07, 6.45) is 0. The number of amides is 1. The van der Waals surface area contributed by atoms with Crippen molar-refractivity contribution in [2.75, 3.05) is 38.6 Å². The molecule has 1 heterocycles. The molecule has 0 bridgehead atoms. The second-order valence-corrected chi connectivity index (χ2v) is 8.88. The first-order chi connectivity index (χ1) is 16.5. The summed E-state index contributed by atoms with van der Waals surface area (Å²) in [5, 5.41) is 17.5. The second kappa shape index (κ2) is 11.3. The third-order valence-corrected chi connectivity index (χ3v) is 6.42. The minimum absolute atomic E-state index is 0.175. The van der Waals surface area contributed by atoms with Crippen LogP contribution >= 0.6 is 11.9 Å². The molecule has 0 spiro atoms. The zero-order valence-electron chi connectivity index (χ0n) is 18.9. The Labute approximate surface area is 204 Å². The Hall–Kier alpha value is -3.17. The summed E-state index contributed by atoms with van der Waals surface area (Å²) >= 11 is 1.12. The van der Waals surface area contributed by atoms with Crippen LogP contribution in [-0.2, 0) is 4.74 Å². The summed E-state index contributed by atoms with van der Waals surface area (Å²) in [5.41, 5.74) is 9.59. The fourth-order valence-corrected chi connectivity index (χ4v) is 4.35. The summed E-state index contributed by atoms with van der Waals surface area (Å²) in [6.45, 7) is 3.76. The lowest BCUT2D eigenvalue weighted by Gasteiger charge is -2.31. The van der Waals surface area contributed by atoms with E-state index in [1.54, 1.807) is 18.2 Å². The van der Waals surface area contributed by atoms with Crippen LogP contribution in [0.2, 0.25) is 0 Å². The van der Waals surface area contributed by atoms with Gasteiger partial charge in [0.05, 0.1) is 25.0 Å². The van der Waals surface area contributed by atoms with Crippen LogP contribution in [0.3, 0.4) is 0 Å². The van der Waals surface area contributed by atoms with E-state index < -0.39 is 0 Å². The zero-order valence-corrected chi connectivity index (χ0v) is 19.7. The highest BCUT2D eigenvalue weighted by Gasteiger charge is 2.21. The summed E-state index contributed by atoms with van der Waals surface area (Å²) in [6, 6.07) is 22.3. The van der Waals surface area contributed by atoms with E-state index in [9.17, 15) is 4.79 Å². The smallest absolute Gasteiger partial charge is 0.251 e. The molecule has 0 aromatic heterocycles. The molecule has 4 rings (SSSR count). The van der Waals surface area contributed by atoms with Gasteiger partial charge in [0, 0.05) is 46.9 Å². The van der Waals surface area contributed by atoms with Crippen molar-refractivity contribution in [2.45, 2.75) is 10.9 Å². The van der Waals surface area contributed by atoms with Gasteiger partial charge in [0.1, 0.15) is 0 Å². The largest absolute Gasteiger partial charge is 0.398 e. The average molecular weight is 476 g/mol. The van der Waals surface area contributed by atoms with Gasteiger partial charge < -0.3 is 15.8 Å². The van der Waals surface area contributed by atoms with E-state index in [-0.39, 0.29) is 17.7 Å². The van der Waals surface area contributed by atoms with Gasteiger partial charge in [-0.25, -0.2) is 0 Å². The van der Waals surface area contributed by atoms with Gasteiger partial charge in [-0.3, -0.25) is 20.2 Å². The van der Waals surface area contributed by atoms with Gasteiger partial charge in [0.25, 0.3) is 5.91 Å². The molecular weight excluding hydrogens is 446 g/mol. The normalized spacial score (nSPS) is 15.0. The second-order valence-electron chi connectivity index (χ2n) is 8.17. The van der Waals surface area contributed by atoms with Gasteiger partial charge in [0.15, 0.2) is 0 Å². The molecule has 34 heavy (non-hydrogen) atoms. The number of carbonyl (C=O) groups excluding carboxylic acids is 1. The van der Waals surface area contributed by atoms with Crippen LogP contribution in [-0.4, -0.2) is 49.4 Å². The van der Waals surface area contributed by atoms with E-state index in [1.807, 2.05) is 54.6 Å². The van der Waals surface area contributed by atoms with E-state index in [1.165, 1.54) is 0 Å². The van der Waals surface area contributed by atoms with Crippen molar-refractivity contribution in [1.82, 2.24) is 10.2 Å². The molecule has 6 N–H and O–H groups in total. The van der Waals surface area contributed by atoms with Crippen LogP contribution in [0.1, 0.15) is 33.1 Å². The van der Waals surface area contributed by atoms with E-state index in [2.05, 4.69) is 10.2 Å². The molecule has 0 radical (unpaired) electrons. The minimum atomic E-state index is -0.206. The van der Waals surface area contributed by atoms with Crippen molar-refractivity contribution < 1.29 is 9.53 Å². The summed E-state index contributed by atoms with van der Waals surface area (Å²) in [7, 11) is 0.